The normalized spacial score (nSPS) is 14.3. The van der Waals surface area contributed by atoms with Gasteiger partial charge in [-0.1, -0.05) is 32.3 Å². The molecule has 238 valence electrons. The molecule has 0 saturated carbocycles. The van der Waals surface area contributed by atoms with Crippen molar-refractivity contribution in [3.8, 4) is 0 Å². The molecule has 3 heterocycles. The van der Waals surface area contributed by atoms with Crippen LogP contribution in [0.25, 0.3) is 10.6 Å². The quantitative estimate of drug-likeness (QED) is 0.0997. The number of nitrogens with one attached hydrogen (secondary N) is 3. The van der Waals surface area contributed by atoms with Crippen LogP contribution in [0, 0.1) is 6.58 Å². The first-order valence-corrected chi connectivity index (χ1v) is 14.6. The van der Waals surface area contributed by atoms with Crippen LogP contribution in [0.5, 0.6) is 0 Å². The molecule has 0 bridgehead atoms. The predicted octanol–water partition coefficient (Wildman–Crippen LogP) is 7.10. The molecule has 2 aliphatic heterocycles. The van der Waals surface area contributed by atoms with Gasteiger partial charge < -0.3 is 31.3 Å². The SMILES string of the molecule is C1CC[N-]CC1.C1COCC[N-]1.[CH-]=CC(=C)Cc1c(CCNC=C)nc(Cl)nc1NCc1cc(NC)cc(C(F)(F)F)c1.[Y+3]. The van der Waals surface area contributed by atoms with E-state index in [0.29, 0.717) is 47.7 Å². The van der Waals surface area contributed by atoms with Crippen molar-refractivity contribution in [2.45, 2.75) is 44.8 Å². The summed E-state index contributed by atoms with van der Waals surface area (Å²) in [5.74, 6) is 0.417. The van der Waals surface area contributed by atoms with E-state index in [1.807, 2.05) is 0 Å². The molecule has 4 rings (SSSR count). The van der Waals surface area contributed by atoms with E-state index in [1.54, 1.807) is 19.3 Å². The van der Waals surface area contributed by atoms with Crippen molar-refractivity contribution in [2.24, 2.45) is 0 Å². The van der Waals surface area contributed by atoms with Gasteiger partial charge in [0, 0.05) is 51.0 Å². The molecular formula is C31H42ClF3N7OY. The molecular weight excluding hydrogens is 668 g/mol. The van der Waals surface area contributed by atoms with Crippen LogP contribution in [0.2, 0.25) is 5.28 Å². The van der Waals surface area contributed by atoms with Crippen molar-refractivity contribution >= 4 is 23.1 Å². The van der Waals surface area contributed by atoms with Gasteiger partial charge in [0.05, 0.1) is 11.3 Å². The second kappa shape index (κ2) is 22.5. The Hall–Kier alpha value is -2.02. The van der Waals surface area contributed by atoms with Crippen molar-refractivity contribution in [3.05, 3.63) is 94.1 Å². The zero-order valence-corrected chi connectivity index (χ0v) is 29.0. The number of alkyl halides is 3. The Balaban J connectivity index is 0.000000611. The van der Waals surface area contributed by atoms with Crippen LogP contribution in [-0.2, 0) is 63.0 Å². The molecule has 13 heteroatoms. The molecule has 44 heavy (non-hydrogen) atoms. The van der Waals surface area contributed by atoms with E-state index in [9.17, 15) is 13.2 Å². The van der Waals surface area contributed by atoms with E-state index in [4.69, 9.17) is 22.9 Å². The molecule has 0 atom stereocenters. The molecule has 1 aromatic carbocycles. The Kier molecular flexibility index (Phi) is 20.4. The number of benzene rings is 1. The van der Waals surface area contributed by atoms with Gasteiger partial charge in [0.15, 0.2) is 0 Å². The van der Waals surface area contributed by atoms with Gasteiger partial charge in [0.2, 0.25) is 5.28 Å². The minimum absolute atomic E-state index is 0. The van der Waals surface area contributed by atoms with Crippen LogP contribution in [0.4, 0.5) is 24.7 Å². The van der Waals surface area contributed by atoms with Gasteiger partial charge in [0.1, 0.15) is 5.82 Å². The van der Waals surface area contributed by atoms with Gasteiger partial charge >= 0.3 is 38.9 Å². The van der Waals surface area contributed by atoms with E-state index >= 15 is 0 Å². The first kappa shape index (κ1) is 40.0. The van der Waals surface area contributed by atoms with E-state index in [-0.39, 0.29) is 44.5 Å². The third kappa shape index (κ3) is 15.8. The number of hydrogen-bond acceptors (Lipinski definition) is 6. The van der Waals surface area contributed by atoms with Crippen LogP contribution in [0.1, 0.15) is 41.6 Å². The molecule has 1 aromatic heterocycles. The number of nitrogens with zero attached hydrogens (tertiary/aromatic N) is 4. The molecule has 0 spiro atoms. The number of halogens is 4. The summed E-state index contributed by atoms with van der Waals surface area (Å²) < 4.78 is 44.6. The third-order valence-electron chi connectivity index (χ3n) is 6.34. The number of rotatable bonds is 11. The number of allylic oxidation sites excluding steroid dienone is 2. The van der Waals surface area contributed by atoms with Crippen molar-refractivity contribution < 1.29 is 50.6 Å². The standard InChI is InChI=1S/C22H24ClF3N5.C5H10N.C4H8NO.Y/c1-5-14(3)9-18-19(7-8-28-6-2)30-21(23)31-20(18)29-13-15-10-16(22(24,25)26)12-17(11-15)27-4;1-2-4-6-5-3-1;1-3-6-4-2-5-1;/h1,5-6,10-12,27-28H,2-3,7-9,13H2,4H3,(H,29,30,31);1-5H2;1-4H2;/q3*-1;+3. The summed E-state index contributed by atoms with van der Waals surface area (Å²) in [7, 11) is 1.56. The van der Waals surface area contributed by atoms with E-state index in [2.05, 4.69) is 49.7 Å². The summed E-state index contributed by atoms with van der Waals surface area (Å²) in [5.41, 5.74) is 2.10. The molecule has 2 fully saturated rings. The summed E-state index contributed by atoms with van der Waals surface area (Å²) in [6.07, 6.45) is 3.47. The zero-order valence-electron chi connectivity index (χ0n) is 25.4. The Morgan fingerprint density at radius 2 is 1.77 bits per heavy atom. The van der Waals surface area contributed by atoms with Gasteiger partial charge in [-0.15, -0.1) is 26.2 Å². The van der Waals surface area contributed by atoms with Crippen LogP contribution < -0.4 is 16.0 Å². The summed E-state index contributed by atoms with van der Waals surface area (Å²) >= 11 is 6.10. The largest absolute Gasteiger partial charge is 3.00 e. The Morgan fingerprint density at radius 1 is 1.09 bits per heavy atom. The number of morpholine rings is 1. The van der Waals surface area contributed by atoms with Gasteiger partial charge in [-0.25, -0.2) is 16.0 Å². The van der Waals surface area contributed by atoms with Crippen molar-refractivity contribution in [3.63, 3.8) is 0 Å². The minimum atomic E-state index is -4.45. The van der Waals surface area contributed by atoms with E-state index < -0.39 is 11.7 Å². The monoisotopic (exact) mass is 709 g/mol. The summed E-state index contributed by atoms with van der Waals surface area (Å²) in [6.45, 7) is 19.5. The third-order valence-corrected chi connectivity index (χ3v) is 6.51. The first-order valence-electron chi connectivity index (χ1n) is 14.3. The molecule has 8 nitrogen and oxygen atoms in total. The minimum Gasteiger partial charge on any atom is -0.662 e. The molecule has 0 unspecified atom stereocenters. The van der Waals surface area contributed by atoms with E-state index in [1.165, 1.54) is 25.3 Å². The number of aromatic nitrogens is 2. The molecule has 2 aliphatic rings. The van der Waals surface area contributed by atoms with Crippen LogP contribution in [0.3, 0.4) is 0 Å². The number of piperidine rings is 1. The van der Waals surface area contributed by atoms with Gasteiger partial charge in [-0.2, -0.15) is 25.3 Å². The Bertz CT molecular complexity index is 1120. The second-order valence-corrected chi connectivity index (χ2v) is 10.0. The summed E-state index contributed by atoms with van der Waals surface area (Å²) in [6, 6.07) is 3.78. The fraction of sp³-hybridized carbons (Fsp3) is 0.484. The van der Waals surface area contributed by atoms with Gasteiger partial charge in [-0.05, 0) is 41.6 Å². The average molecular weight is 710 g/mol. The summed E-state index contributed by atoms with van der Waals surface area (Å²) in [5, 5.41) is 17.1. The predicted molar refractivity (Wildman–Crippen MR) is 170 cm³/mol. The Labute approximate surface area is 290 Å². The van der Waals surface area contributed by atoms with Crippen LogP contribution in [-0.4, -0.2) is 63.0 Å². The van der Waals surface area contributed by atoms with Gasteiger partial charge in [-0.3, -0.25) is 6.58 Å². The number of hydrogen-bond donors (Lipinski definition) is 3. The summed E-state index contributed by atoms with van der Waals surface area (Å²) in [4.78, 5) is 8.55. The smallest absolute Gasteiger partial charge is 0.662 e. The first-order chi connectivity index (χ1) is 20.7. The molecule has 0 aliphatic carbocycles. The fourth-order valence-electron chi connectivity index (χ4n) is 4.11. The molecule has 3 N–H and O–H groups in total. The molecule has 2 saturated heterocycles. The zero-order chi connectivity index (χ0) is 31.5. The van der Waals surface area contributed by atoms with Crippen LogP contribution in [0.15, 0.2) is 49.2 Å². The number of ether oxygens (including phenoxy) is 1. The van der Waals surface area contributed by atoms with Crippen molar-refractivity contribution in [1.29, 1.82) is 0 Å². The topological polar surface area (TPSA) is 99.3 Å². The molecule has 2 aromatic rings. The van der Waals surface area contributed by atoms with Crippen molar-refractivity contribution in [2.75, 3.05) is 63.6 Å². The average Bonchev–Trinajstić information content (AvgIpc) is 3.03. The van der Waals surface area contributed by atoms with Crippen molar-refractivity contribution in [1.82, 2.24) is 15.3 Å². The maximum atomic E-state index is 13.2. The maximum absolute atomic E-state index is 13.2. The Morgan fingerprint density at radius 3 is 2.25 bits per heavy atom. The maximum Gasteiger partial charge on any atom is 3.00 e. The van der Waals surface area contributed by atoms with Gasteiger partial charge in [0.25, 0.3) is 0 Å². The van der Waals surface area contributed by atoms with E-state index in [0.717, 1.165) is 57.1 Å². The second-order valence-electron chi connectivity index (χ2n) is 9.71. The van der Waals surface area contributed by atoms with Crippen LogP contribution >= 0.6 is 11.6 Å². The molecule has 0 amide bonds. The number of anilines is 2. The molecule has 0 radical (unpaired) electrons. The fourth-order valence-corrected chi connectivity index (χ4v) is 4.30.